The van der Waals surface area contributed by atoms with Gasteiger partial charge in [-0.3, -0.25) is 4.79 Å². The van der Waals surface area contributed by atoms with Gasteiger partial charge in [0.25, 0.3) is 0 Å². The van der Waals surface area contributed by atoms with Crippen LogP contribution in [0, 0.1) is 6.92 Å². The lowest BCUT2D eigenvalue weighted by Crippen LogP contribution is -2.40. The van der Waals surface area contributed by atoms with Gasteiger partial charge in [-0.15, -0.1) is 0 Å². The zero-order chi connectivity index (χ0) is 23.8. The van der Waals surface area contributed by atoms with Crippen molar-refractivity contribution in [1.29, 1.82) is 0 Å². The summed E-state index contributed by atoms with van der Waals surface area (Å²) < 4.78 is 39.0. The summed E-state index contributed by atoms with van der Waals surface area (Å²) in [6, 6.07) is 21.4. The zero-order valence-electron chi connectivity index (χ0n) is 18.9. The van der Waals surface area contributed by atoms with Gasteiger partial charge in [0.15, 0.2) is 0 Å². The maximum Gasteiger partial charge on any atom is 0.247 e. The van der Waals surface area contributed by atoms with E-state index in [4.69, 9.17) is 9.47 Å². The van der Waals surface area contributed by atoms with Gasteiger partial charge in [-0.1, -0.05) is 54.6 Å². The highest BCUT2D eigenvalue weighted by Gasteiger charge is 2.30. The lowest BCUT2D eigenvalue weighted by Gasteiger charge is -2.23. The molecule has 33 heavy (non-hydrogen) atoms. The second-order valence-electron chi connectivity index (χ2n) is 7.50. The van der Waals surface area contributed by atoms with Crippen LogP contribution < -0.4 is 14.8 Å². The van der Waals surface area contributed by atoms with Crippen LogP contribution in [0.25, 0.3) is 0 Å². The number of hydrogen-bond donors (Lipinski definition) is 1. The van der Waals surface area contributed by atoms with Crippen LogP contribution in [0.15, 0.2) is 77.7 Å². The molecule has 174 valence electrons. The van der Waals surface area contributed by atoms with Crippen LogP contribution in [0.5, 0.6) is 11.5 Å². The molecule has 0 unspecified atom stereocenters. The minimum absolute atomic E-state index is 0.0264. The standard InChI is InChI=1S/C25H28N2O5S/c1-19-13-14-23(32-3)24(15-19)33(29,30)27(17-20-9-5-4-6-10-20)18-25(28)26-16-21-11-7-8-12-22(21)31-2/h4-15H,16-18H2,1-3H3,(H,26,28). The molecule has 0 atom stereocenters. The van der Waals surface area contributed by atoms with Crippen LogP contribution in [-0.2, 0) is 27.9 Å². The SMILES string of the molecule is COc1ccccc1CNC(=O)CN(Cc1ccccc1)S(=O)(=O)c1cc(C)ccc1OC. The first kappa shape index (κ1) is 24.3. The fourth-order valence-corrected chi connectivity index (χ4v) is 5.02. The van der Waals surface area contributed by atoms with E-state index >= 15 is 0 Å². The molecular weight excluding hydrogens is 440 g/mol. The molecule has 0 aliphatic rings. The van der Waals surface area contributed by atoms with Crippen molar-refractivity contribution < 1.29 is 22.7 Å². The first-order valence-corrected chi connectivity index (χ1v) is 11.9. The summed E-state index contributed by atoms with van der Waals surface area (Å²) in [5.74, 6) is 0.455. The van der Waals surface area contributed by atoms with Crippen LogP contribution >= 0.6 is 0 Å². The highest BCUT2D eigenvalue weighted by molar-refractivity contribution is 7.89. The molecule has 1 amide bonds. The van der Waals surface area contributed by atoms with E-state index < -0.39 is 15.9 Å². The van der Waals surface area contributed by atoms with Gasteiger partial charge in [0.1, 0.15) is 16.4 Å². The van der Waals surface area contributed by atoms with Crippen LogP contribution in [0.1, 0.15) is 16.7 Å². The summed E-state index contributed by atoms with van der Waals surface area (Å²) >= 11 is 0. The van der Waals surface area contributed by atoms with Gasteiger partial charge in [-0.05, 0) is 36.2 Å². The van der Waals surface area contributed by atoms with Gasteiger partial charge in [0.05, 0.1) is 20.8 Å². The minimum atomic E-state index is -4.03. The number of carbonyl (C=O) groups excluding carboxylic acids is 1. The van der Waals surface area contributed by atoms with Crippen LogP contribution in [-0.4, -0.2) is 39.4 Å². The van der Waals surface area contributed by atoms with E-state index in [0.29, 0.717) is 5.75 Å². The van der Waals surface area contributed by atoms with Gasteiger partial charge in [-0.2, -0.15) is 4.31 Å². The number of benzene rings is 3. The van der Waals surface area contributed by atoms with Crippen molar-refractivity contribution in [2.75, 3.05) is 20.8 Å². The summed E-state index contributed by atoms with van der Waals surface area (Å²) in [5, 5.41) is 2.80. The largest absolute Gasteiger partial charge is 0.496 e. The number of carbonyl (C=O) groups is 1. The number of aryl methyl sites for hydroxylation is 1. The number of amides is 1. The monoisotopic (exact) mass is 468 g/mol. The molecule has 7 nitrogen and oxygen atoms in total. The Bertz CT molecular complexity index is 1200. The predicted molar refractivity (Wildman–Crippen MR) is 127 cm³/mol. The normalized spacial score (nSPS) is 11.3. The van der Waals surface area contributed by atoms with E-state index in [1.165, 1.54) is 7.11 Å². The van der Waals surface area contributed by atoms with Crippen molar-refractivity contribution in [2.45, 2.75) is 24.9 Å². The molecule has 8 heteroatoms. The number of nitrogens with one attached hydrogen (secondary N) is 1. The quantitative estimate of drug-likeness (QED) is 0.492. The molecule has 0 bridgehead atoms. The summed E-state index contributed by atoms with van der Waals surface area (Å²) in [4.78, 5) is 12.9. The third-order valence-corrected chi connectivity index (χ3v) is 6.94. The van der Waals surface area contributed by atoms with Gasteiger partial charge in [0.2, 0.25) is 15.9 Å². The summed E-state index contributed by atoms with van der Waals surface area (Å²) in [6.45, 7) is 1.72. The lowest BCUT2D eigenvalue weighted by atomic mass is 10.2. The molecule has 3 rings (SSSR count). The second-order valence-corrected chi connectivity index (χ2v) is 9.41. The Kier molecular flexibility index (Phi) is 8.08. The second kappa shape index (κ2) is 11.0. The third-order valence-electron chi connectivity index (χ3n) is 5.13. The number of nitrogens with zero attached hydrogens (tertiary/aromatic N) is 1. The van der Waals surface area contributed by atoms with Crippen LogP contribution in [0.2, 0.25) is 0 Å². The van der Waals surface area contributed by atoms with Crippen molar-refractivity contribution in [3.63, 3.8) is 0 Å². The molecule has 1 N–H and O–H groups in total. The summed E-state index contributed by atoms with van der Waals surface area (Å²) in [7, 11) is -1.05. The summed E-state index contributed by atoms with van der Waals surface area (Å²) in [6.07, 6.45) is 0. The Morgan fingerprint density at radius 2 is 1.58 bits per heavy atom. The van der Waals surface area contributed by atoms with E-state index in [0.717, 1.165) is 21.0 Å². The van der Waals surface area contributed by atoms with Gasteiger partial charge in [0, 0.05) is 18.7 Å². The Hall–Kier alpha value is -3.36. The molecule has 0 aromatic heterocycles. The Morgan fingerprint density at radius 3 is 2.27 bits per heavy atom. The highest BCUT2D eigenvalue weighted by Crippen LogP contribution is 2.28. The molecule has 0 heterocycles. The predicted octanol–water partition coefficient (Wildman–Crippen LogP) is 3.52. The molecule has 0 spiro atoms. The van der Waals surface area contributed by atoms with E-state index in [1.807, 2.05) is 48.5 Å². The average molecular weight is 469 g/mol. The van der Waals surface area contributed by atoms with Crippen molar-refractivity contribution >= 4 is 15.9 Å². The van der Waals surface area contributed by atoms with Crippen molar-refractivity contribution in [2.24, 2.45) is 0 Å². The molecule has 3 aromatic carbocycles. The first-order valence-electron chi connectivity index (χ1n) is 10.4. The number of sulfonamides is 1. The molecular formula is C25H28N2O5S. The highest BCUT2D eigenvalue weighted by atomic mass is 32.2. The fraction of sp³-hybridized carbons (Fsp3) is 0.240. The molecule has 0 saturated heterocycles. The average Bonchev–Trinajstić information content (AvgIpc) is 2.83. The number of methoxy groups -OCH3 is 2. The number of hydrogen-bond acceptors (Lipinski definition) is 5. The van der Waals surface area contributed by atoms with Gasteiger partial charge >= 0.3 is 0 Å². The van der Waals surface area contributed by atoms with Gasteiger partial charge in [-0.25, -0.2) is 8.42 Å². The Morgan fingerprint density at radius 1 is 0.909 bits per heavy atom. The lowest BCUT2D eigenvalue weighted by molar-refractivity contribution is -0.121. The van der Waals surface area contributed by atoms with E-state index in [9.17, 15) is 13.2 Å². The first-order chi connectivity index (χ1) is 15.8. The maximum atomic E-state index is 13.6. The van der Waals surface area contributed by atoms with Crippen molar-refractivity contribution in [3.05, 3.63) is 89.5 Å². The van der Waals surface area contributed by atoms with E-state index in [-0.39, 0.29) is 30.3 Å². The minimum Gasteiger partial charge on any atom is -0.496 e. The maximum absolute atomic E-state index is 13.6. The van der Waals surface area contributed by atoms with Gasteiger partial charge < -0.3 is 14.8 Å². The zero-order valence-corrected chi connectivity index (χ0v) is 19.8. The molecule has 0 fully saturated rings. The topological polar surface area (TPSA) is 84.9 Å². The molecule has 0 radical (unpaired) electrons. The van der Waals surface area contributed by atoms with E-state index in [2.05, 4.69) is 5.32 Å². The molecule has 0 saturated carbocycles. The number of para-hydroxylation sites is 1. The molecule has 0 aliphatic heterocycles. The Labute approximate surface area is 195 Å². The number of ether oxygens (including phenoxy) is 2. The smallest absolute Gasteiger partial charge is 0.247 e. The molecule has 0 aliphatic carbocycles. The third kappa shape index (κ3) is 6.12. The van der Waals surface area contributed by atoms with Crippen LogP contribution in [0.3, 0.4) is 0 Å². The van der Waals surface area contributed by atoms with E-state index in [1.54, 1.807) is 38.3 Å². The molecule has 3 aromatic rings. The summed E-state index contributed by atoms with van der Waals surface area (Å²) in [5.41, 5.74) is 2.34. The van der Waals surface area contributed by atoms with Crippen molar-refractivity contribution in [1.82, 2.24) is 9.62 Å². The Balaban J connectivity index is 1.87. The fourth-order valence-electron chi connectivity index (χ4n) is 3.40. The number of rotatable bonds is 10. The van der Waals surface area contributed by atoms with Crippen LogP contribution in [0.4, 0.5) is 0 Å². The van der Waals surface area contributed by atoms with Crippen molar-refractivity contribution in [3.8, 4) is 11.5 Å².